The molecule has 0 bridgehead atoms. The molecule has 1 N–H and O–H groups in total. The SMILES string of the molecule is C#CCN(CC(=O)O)c1ncccc1C#N. The Morgan fingerprint density at radius 2 is 2.44 bits per heavy atom. The molecule has 0 aliphatic heterocycles. The van der Waals surface area contributed by atoms with Gasteiger partial charge < -0.3 is 10.0 Å². The van der Waals surface area contributed by atoms with Crippen LogP contribution in [0.25, 0.3) is 0 Å². The van der Waals surface area contributed by atoms with Crippen molar-refractivity contribution in [3.8, 4) is 18.4 Å². The Kier molecular flexibility index (Phi) is 3.88. The van der Waals surface area contributed by atoms with Crippen LogP contribution in [0.4, 0.5) is 5.82 Å². The van der Waals surface area contributed by atoms with Crippen molar-refractivity contribution in [1.29, 1.82) is 5.26 Å². The maximum atomic E-state index is 10.6. The molecule has 0 saturated heterocycles. The van der Waals surface area contributed by atoms with Gasteiger partial charge in [-0.3, -0.25) is 4.79 Å². The minimum Gasteiger partial charge on any atom is -0.480 e. The number of pyridine rings is 1. The van der Waals surface area contributed by atoms with Crippen molar-refractivity contribution in [2.24, 2.45) is 0 Å². The fourth-order valence-corrected chi connectivity index (χ4v) is 1.22. The molecular formula is C11H9N3O2. The highest BCUT2D eigenvalue weighted by Crippen LogP contribution is 2.15. The van der Waals surface area contributed by atoms with E-state index in [9.17, 15) is 4.79 Å². The molecule has 0 amide bonds. The Hall–Kier alpha value is -2.53. The number of nitriles is 1. The molecule has 80 valence electrons. The third-order valence-electron chi connectivity index (χ3n) is 1.81. The summed E-state index contributed by atoms with van der Waals surface area (Å²) in [5, 5.41) is 17.6. The maximum Gasteiger partial charge on any atom is 0.323 e. The maximum absolute atomic E-state index is 10.6. The molecule has 1 aromatic heterocycles. The van der Waals surface area contributed by atoms with Crippen LogP contribution in [0.2, 0.25) is 0 Å². The molecule has 0 aromatic carbocycles. The van der Waals surface area contributed by atoms with Gasteiger partial charge in [0.25, 0.3) is 0 Å². The lowest BCUT2D eigenvalue weighted by Gasteiger charge is -2.19. The van der Waals surface area contributed by atoms with E-state index in [0.29, 0.717) is 11.4 Å². The molecule has 0 atom stereocenters. The van der Waals surface area contributed by atoms with Crippen molar-refractivity contribution >= 4 is 11.8 Å². The fraction of sp³-hybridized carbons (Fsp3) is 0.182. The van der Waals surface area contributed by atoms with Crippen LogP contribution in [0, 0.1) is 23.7 Å². The standard InChI is InChI=1S/C11H9N3O2/c1-2-6-14(8-10(15)16)11-9(7-12)4-3-5-13-11/h1,3-5H,6,8H2,(H,15,16). The van der Waals surface area contributed by atoms with Gasteiger partial charge in [0, 0.05) is 6.20 Å². The van der Waals surface area contributed by atoms with E-state index in [-0.39, 0.29) is 13.1 Å². The van der Waals surface area contributed by atoms with Crippen LogP contribution in [-0.2, 0) is 4.79 Å². The van der Waals surface area contributed by atoms with Gasteiger partial charge in [-0.1, -0.05) is 5.92 Å². The molecule has 0 saturated carbocycles. The second kappa shape index (κ2) is 5.38. The van der Waals surface area contributed by atoms with Gasteiger partial charge in [0.15, 0.2) is 0 Å². The van der Waals surface area contributed by atoms with Gasteiger partial charge in [0.05, 0.1) is 12.1 Å². The number of aromatic nitrogens is 1. The molecule has 0 unspecified atom stereocenters. The monoisotopic (exact) mass is 215 g/mol. The first-order valence-corrected chi connectivity index (χ1v) is 4.44. The molecular weight excluding hydrogens is 206 g/mol. The van der Waals surface area contributed by atoms with Gasteiger partial charge >= 0.3 is 5.97 Å². The quantitative estimate of drug-likeness (QED) is 0.739. The van der Waals surface area contributed by atoms with Crippen LogP contribution in [0.15, 0.2) is 18.3 Å². The molecule has 1 aromatic rings. The summed E-state index contributed by atoms with van der Waals surface area (Å²) in [4.78, 5) is 16.0. The Bertz CT molecular complexity index is 471. The highest BCUT2D eigenvalue weighted by Gasteiger charge is 2.14. The number of carboxylic acid groups (broad SMARTS) is 1. The van der Waals surface area contributed by atoms with E-state index in [4.69, 9.17) is 16.8 Å². The van der Waals surface area contributed by atoms with Gasteiger partial charge in [-0.2, -0.15) is 5.26 Å². The molecule has 0 fully saturated rings. The molecule has 0 radical (unpaired) electrons. The highest BCUT2D eigenvalue weighted by molar-refractivity contribution is 5.74. The van der Waals surface area contributed by atoms with Gasteiger partial charge in [0.2, 0.25) is 0 Å². The normalized spacial score (nSPS) is 8.88. The minimum absolute atomic E-state index is 0.0952. The number of terminal acetylenes is 1. The van der Waals surface area contributed by atoms with E-state index in [1.165, 1.54) is 11.1 Å². The number of carbonyl (C=O) groups is 1. The average molecular weight is 215 g/mol. The Morgan fingerprint density at radius 3 is 3.00 bits per heavy atom. The minimum atomic E-state index is -1.02. The fourth-order valence-electron chi connectivity index (χ4n) is 1.22. The van der Waals surface area contributed by atoms with E-state index >= 15 is 0 Å². The summed E-state index contributed by atoms with van der Waals surface area (Å²) in [6.07, 6.45) is 6.63. The summed E-state index contributed by atoms with van der Waals surface area (Å²) in [6, 6.07) is 5.11. The molecule has 1 heterocycles. The number of rotatable bonds is 4. The lowest BCUT2D eigenvalue weighted by atomic mass is 10.2. The predicted octanol–water partition coefficient (Wildman–Crippen LogP) is 0.477. The summed E-state index contributed by atoms with van der Waals surface area (Å²) in [5.41, 5.74) is 0.305. The molecule has 5 heteroatoms. The van der Waals surface area contributed by atoms with Gasteiger partial charge in [-0.15, -0.1) is 6.42 Å². The second-order valence-electron chi connectivity index (χ2n) is 2.94. The van der Waals surface area contributed by atoms with Crippen LogP contribution in [0.1, 0.15) is 5.56 Å². The topological polar surface area (TPSA) is 77.2 Å². The van der Waals surface area contributed by atoms with Crippen LogP contribution in [-0.4, -0.2) is 29.1 Å². The summed E-state index contributed by atoms with van der Waals surface area (Å²) < 4.78 is 0. The van der Waals surface area contributed by atoms with Crippen molar-refractivity contribution in [2.45, 2.75) is 0 Å². The zero-order valence-corrected chi connectivity index (χ0v) is 8.42. The van der Waals surface area contributed by atoms with Crippen molar-refractivity contribution in [3.05, 3.63) is 23.9 Å². The first-order valence-electron chi connectivity index (χ1n) is 4.44. The summed E-state index contributed by atoms with van der Waals surface area (Å²) in [6.45, 7) is -0.187. The zero-order chi connectivity index (χ0) is 12.0. The van der Waals surface area contributed by atoms with E-state index < -0.39 is 5.97 Å². The van der Waals surface area contributed by atoms with Crippen LogP contribution in [0.5, 0.6) is 0 Å². The Balaban J connectivity index is 3.06. The predicted molar refractivity (Wildman–Crippen MR) is 57.6 cm³/mol. The molecule has 0 aliphatic carbocycles. The van der Waals surface area contributed by atoms with Crippen LogP contribution >= 0.6 is 0 Å². The van der Waals surface area contributed by atoms with Gasteiger partial charge in [0.1, 0.15) is 18.4 Å². The van der Waals surface area contributed by atoms with E-state index in [1.54, 1.807) is 12.1 Å². The van der Waals surface area contributed by atoms with Gasteiger partial charge in [-0.25, -0.2) is 4.98 Å². The lowest BCUT2D eigenvalue weighted by Crippen LogP contribution is -2.31. The average Bonchev–Trinajstić information content (AvgIpc) is 2.28. The summed E-state index contributed by atoms with van der Waals surface area (Å²) in [7, 11) is 0. The molecule has 5 nitrogen and oxygen atoms in total. The van der Waals surface area contributed by atoms with Crippen LogP contribution < -0.4 is 4.90 Å². The van der Waals surface area contributed by atoms with Crippen molar-refractivity contribution in [3.63, 3.8) is 0 Å². The number of hydrogen-bond donors (Lipinski definition) is 1. The van der Waals surface area contributed by atoms with Crippen molar-refractivity contribution in [2.75, 3.05) is 18.0 Å². The van der Waals surface area contributed by atoms with Crippen molar-refractivity contribution in [1.82, 2.24) is 4.98 Å². The summed E-state index contributed by atoms with van der Waals surface area (Å²) >= 11 is 0. The number of anilines is 1. The molecule has 0 spiro atoms. The van der Waals surface area contributed by atoms with E-state index in [2.05, 4.69) is 10.9 Å². The zero-order valence-electron chi connectivity index (χ0n) is 8.42. The number of carboxylic acids is 1. The molecule has 0 aliphatic rings. The van der Waals surface area contributed by atoms with E-state index in [1.807, 2.05) is 6.07 Å². The number of nitrogens with zero attached hydrogens (tertiary/aromatic N) is 3. The number of aliphatic carboxylic acids is 1. The van der Waals surface area contributed by atoms with Crippen molar-refractivity contribution < 1.29 is 9.90 Å². The Labute approximate surface area is 92.9 Å². The lowest BCUT2D eigenvalue weighted by molar-refractivity contribution is -0.135. The first kappa shape index (κ1) is 11.5. The van der Waals surface area contributed by atoms with E-state index in [0.717, 1.165) is 0 Å². The highest BCUT2D eigenvalue weighted by atomic mass is 16.4. The number of hydrogen-bond acceptors (Lipinski definition) is 4. The molecule has 16 heavy (non-hydrogen) atoms. The first-order chi connectivity index (χ1) is 7.69. The smallest absolute Gasteiger partial charge is 0.323 e. The summed E-state index contributed by atoms with van der Waals surface area (Å²) in [5.74, 6) is 1.61. The molecule has 1 rings (SSSR count). The third kappa shape index (κ3) is 2.73. The largest absolute Gasteiger partial charge is 0.480 e. The Morgan fingerprint density at radius 1 is 1.69 bits per heavy atom. The third-order valence-corrected chi connectivity index (χ3v) is 1.81. The van der Waals surface area contributed by atoms with Gasteiger partial charge in [-0.05, 0) is 12.1 Å². The second-order valence-corrected chi connectivity index (χ2v) is 2.94. The van der Waals surface area contributed by atoms with Crippen LogP contribution in [0.3, 0.4) is 0 Å².